The van der Waals surface area contributed by atoms with Gasteiger partial charge >= 0.3 is 0 Å². The third kappa shape index (κ3) is 13.0. The molecule has 0 aliphatic rings. The van der Waals surface area contributed by atoms with Crippen LogP contribution >= 0.6 is 0 Å². The number of hydrogen-bond acceptors (Lipinski definition) is 7. The van der Waals surface area contributed by atoms with Crippen molar-refractivity contribution in [1.82, 2.24) is 9.80 Å². The van der Waals surface area contributed by atoms with Crippen LogP contribution in [0.3, 0.4) is 0 Å². The fourth-order valence-corrected chi connectivity index (χ4v) is 4.49. The number of aryl methyl sites for hydroxylation is 1. The molecule has 1 aromatic carbocycles. The van der Waals surface area contributed by atoms with Crippen molar-refractivity contribution in [3.05, 3.63) is 28.8 Å². The molecular weight excluding hydrogens is 432 g/mol. The molecule has 7 nitrogen and oxygen atoms in total. The highest BCUT2D eigenvalue weighted by atomic mass is 16.3. The number of rotatable bonds is 20. The van der Waals surface area contributed by atoms with E-state index in [4.69, 9.17) is 0 Å². The number of benzene rings is 1. The van der Waals surface area contributed by atoms with Crippen LogP contribution in [-0.4, -0.2) is 86.9 Å². The predicted molar refractivity (Wildman–Crippen MR) is 138 cm³/mol. The minimum absolute atomic E-state index is 0.0120. The number of nitrogens with zero attached hydrogens (tertiary/aromatic N) is 2. The predicted octanol–water partition coefficient (Wildman–Crippen LogP) is 3.04. The van der Waals surface area contributed by atoms with E-state index in [0.717, 1.165) is 24.0 Å². The van der Waals surface area contributed by atoms with Gasteiger partial charge in [-0.1, -0.05) is 57.6 Å². The summed E-state index contributed by atoms with van der Waals surface area (Å²) in [6.45, 7) is 8.18. The molecule has 198 valence electrons. The van der Waals surface area contributed by atoms with E-state index in [1.807, 2.05) is 15.9 Å². The van der Waals surface area contributed by atoms with Crippen LogP contribution in [0.4, 0.5) is 0 Å². The fourth-order valence-electron chi connectivity index (χ4n) is 4.49. The van der Waals surface area contributed by atoms with E-state index in [1.54, 1.807) is 13.8 Å². The molecule has 0 aliphatic heterocycles. The summed E-state index contributed by atoms with van der Waals surface area (Å²) in [4.78, 5) is 3.89. The molecule has 2 unspecified atom stereocenters. The number of aliphatic hydroxyl groups excluding tert-OH is 4. The summed E-state index contributed by atoms with van der Waals surface area (Å²) in [5.41, 5.74) is 2.73. The number of aromatic hydroxyl groups is 1. The molecule has 1 rings (SSSR count). The zero-order chi connectivity index (χ0) is 25.3. The zero-order valence-electron chi connectivity index (χ0n) is 21.8. The van der Waals surface area contributed by atoms with Crippen LogP contribution in [0, 0.1) is 0 Å². The molecule has 0 heterocycles. The molecule has 0 amide bonds. The van der Waals surface area contributed by atoms with Crippen LogP contribution < -0.4 is 0 Å². The van der Waals surface area contributed by atoms with E-state index in [0.29, 0.717) is 39.3 Å². The van der Waals surface area contributed by atoms with E-state index < -0.39 is 12.2 Å². The third-order valence-corrected chi connectivity index (χ3v) is 6.06. The minimum atomic E-state index is -0.541. The van der Waals surface area contributed by atoms with Gasteiger partial charge < -0.3 is 25.5 Å². The quantitative estimate of drug-likeness (QED) is 0.182. The van der Waals surface area contributed by atoms with Gasteiger partial charge in [-0.05, 0) is 32.3 Å². The summed E-state index contributed by atoms with van der Waals surface area (Å²) in [7, 11) is 0. The Morgan fingerprint density at radius 2 is 1.21 bits per heavy atom. The van der Waals surface area contributed by atoms with E-state index in [1.165, 1.54) is 44.1 Å². The van der Waals surface area contributed by atoms with Crippen molar-refractivity contribution in [2.45, 2.75) is 97.4 Å². The highest BCUT2D eigenvalue weighted by Gasteiger charge is 2.18. The van der Waals surface area contributed by atoms with Crippen LogP contribution in [0.2, 0.25) is 0 Å². The summed E-state index contributed by atoms with van der Waals surface area (Å²) < 4.78 is 0. The average Bonchev–Trinajstić information content (AvgIpc) is 2.75. The average molecular weight is 483 g/mol. The Hall–Kier alpha value is -1.22. The molecule has 0 saturated carbocycles. The Morgan fingerprint density at radius 3 is 1.68 bits per heavy atom. The first-order chi connectivity index (χ1) is 16.3. The van der Waals surface area contributed by atoms with Gasteiger partial charge in [-0.2, -0.15) is 0 Å². The van der Waals surface area contributed by atoms with Gasteiger partial charge in [-0.3, -0.25) is 9.80 Å². The van der Waals surface area contributed by atoms with Crippen molar-refractivity contribution < 1.29 is 25.5 Å². The maximum Gasteiger partial charge on any atom is 0.124 e. The molecule has 0 saturated heterocycles. The number of phenolic OH excluding ortho intramolecular Hbond substituents is 1. The molecule has 7 heteroatoms. The second kappa shape index (κ2) is 18.1. The monoisotopic (exact) mass is 482 g/mol. The van der Waals surface area contributed by atoms with Crippen molar-refractivity contribution in [3.8, 4) is 5.75 Å². The van der Waals surface area contributed by atoms with Crippen molar-refractivity contribution >= 4 is 0 Å². The van der Waals surface area contributed by atoms with Crippen LogP contribution in [0.5, 0.6) is 5.75 Å². The van der Waals surface area contributed by atoms with Crippen molar-refractivity contribution in [2.24, 2.45) is 0 Å². The van der Waals surface area contributed by atoms with Gasteiger partial charge in [0, 0.05) is 50.4 Å². The lowest BCUT2D eigenvalue weighted by molar-refractivity contribution is 0.0789. The second-order valence-corrected chi connectivity index (χ2v) is 9.75. The van der Waals surface area contributed by atoms with E-state index in [2.05, 4.69) is 13.0 Å². The Morgan fingerprint density at radius 1 is 0.735 bits per heavy atom. The van der Waals surface area contributed by atoms with E-state index in [-0.39, 0.29) is 19.0 Å². The normalized spacial score (nSPS) is 13.7. The largest absolute Gasteiger partial charge is 0.507 e. The standard InChI is InChI=1S/C27H50N2O5/c1-4-5-6-7-8-9-10-11-24-16-25(20-28(12-14-30)13-15-31)27(34)26(17-24)21-29(18-22(2)32)19-23(3)33/h16-17,22-23,30-34H,4-15,18-21H2,1-3H3. The van der Waals surface area contributed by atoms with Gasteiger partial charge in [0.25, 0.3) is 0 Å². The Labute approximate surface area is 207 Å². The topological polar surface area (TPSA) is 108 Å². The maximum absolute atomic E-state index is 11.1. The Bertz CT molecular complexity index is 638. The van der Waals surface area contributed by atoms with Crippen LogP contribution in [-0.2, 0) is 19.5 Å². The highest BCUT2D eigenvalue weighted by Crippen LogP contribution is 2.28. The van der Waals surface area contributed by atoms with Crippen molar-refractivity contribution in [1.29, 1.82) is 0 Å². The van der Waals surface area contributed by atoms with Gasteiger partial charge in [-0.15, -0.1) is 0 Å². The van der Waals surface area contributed by atoms with Gasteiger partial charge in [-0.25, -0.2) is 0 Å². The smallest absolute Gasteiger partial charge is 0.124 e. The second-order valence-electron chi connectivity index (χ2n) is 9.75. The molecule has 0 radical (unpaired) electrons. The summed E-state index contributed by atoms with van der Waals surface area (Å²) >= 11 is 0. The summed E-state index contributed by atoms with van der Waals surface area (Å²) in [5.74, 6) is 0.213. The molecule has 0 bridgehead atoms. The first-order valence-electron chi connectivity index (χ1n) is 13.2. The molecule has 34 heavy (non-hydrogen) atoms. The van der Waals surface area contributed by atoms with Crippen LogP contribution in [0.15, 0.2) is 12.1 Å². The fraction of sp³-hybridized carbons (Fsp3) is 0.778. The number of phenols is 1. The van der Waals surface area contributed by atoms with E-state index in [9.17, 15) is 25.5 Å². The summed E-state index contributed by atoms with van der Waals surface area (Å²) in [5, 5.41) is 49.7. The molecular formula is C27H50N2O5. The lowest BCUT2D eigenvalue weighted by Crippen LogP contribution is -2.36. The first kappa shape index (κ1) is 30.8. The number of hydrogen-bond donors (Lipinski definition) is 5. The number of unbranched alkanes of at least 4 members (excludes halogenated alkanes) is 6. The summed E-state index contributed by atoms with van der Waals surface area (Å²) in [6.07, 6.45) is 8.52. The van der Waals surface area contributed by atoms with Gasteiger partial charge in [0.2, 0.25) is 0 Å². The van der Waals surface area contributed by atoms with Crippen molar-refractivity contribution in [2.75, 3.05) is 39.4 Å². The lowest BCUT2D eigenvalue weighted by atomic mass is 9.98. The first-order valence-corrected chi connectivity index (χ1v) is 13.2. The summed E-state index contributed by atoms with van der Waals surface area (Å²) in [6, 6.07) is 4.10. The zero-order valence-corrected chi connectivity index (χ0v) is 21.8. The third-order valence-electron chi connectivity index (χ3n) is 6.06. The Balaban J connectivity index is 3.04. The van der Waals surface area contributed by atoms with Gasteiger partial charge in [0.15, 0.2) is 0 Å². The van der Waals surface area contributed by atoms with Gasteiger partial charge in [0.1, 0.15) is 5.75 Å². The minimum Gasteiger partial charge on any atom is -0.507 e. The molecule has 0 fully saturated rings. The molecule has 5 N–H and O–H groups in total. The lowest BCUT2D eigenvalue weighted by Gasteiger charge is -2.27. The molecule has 2 atom stereocenters. The molecule has 1 aromatic rings. The maximum atomic E-state index is 11.1. The van der Waals surface area contributed by atoms with Crippen LogP contribution in [0.1, 0.15) is 82.4 Å². The number of aliphatic hydroxyl groups is 4. The van der Waals surface area contributed by atoms with Gasteiger partial charge in [0.05, 0.1) is 25.4 Å². The Kier molecular flexibility index (Phi) is 16.4. The van der Waals surface area contributed by atoms with Crippen LogP contribution in [0.25, 0.3) is 0 Å². The highest BCUT2D eigenvalue weighted by molar-refractivity contribution is 5.44. The molecule has 0 aliphatic carbocycles. The SMILES string of the molecule is CCCCCCCCCc1cc(CN(CCO)CCO)c(O)c(CN(CC(C)O)CC(C)O)c1. The van der Waals surface area contributed by atoms with Crippen molar-refractivity contribution in [3.63, 3.8) is 0 Å². The van der Waals surface area contributed by atoms with E-state index >= 15 is 0 Å². The molecule has 0 spiro atoms. The molecule has 0 aromatic heterocycles.